The molecule has 0 aliphatic rings. The summed E-state index contributed by atoms with van der Waals surface area (Å²) < 4.78 is 23.6. The highest BCUT2D eigenvalue weighted by atomic mass is 35.5. The van der Waals surface area contributed by atoms with Crippen molar-refractivity contribution in [3.05, 3.63) is 24.0 Å². The lowest BCUT2D eigenvalue weighted by Gasteiger charge is -2.17. The van der Waals surface area contributed by atoms with Crippen LogP contribution in [0, 0.1) is 11.7 Å². The van der Waals surface area contributed by atoms with Crippen molar-refractivity contribution in [3.63, 3.8) is 0 Å². The Hall–Kier alpha value is -1.37. The third-order valence-electron chi connectivity index (χ3n) is 2.95. The van der Waals surface area contributed by atoms with E-state index in [2.05, 4.69) is 5.32 Å². The summed E-state index contributed by atoms with van der Waals surface area (Å²) in [6.45, 7) is 4.17. The van der Waals surface area contributed by atoms with Gasteiger partial charge in [0.1, 0.15) is 18.2 Å². The lowest BCUT2D eigenvalue weighted by molar-refractivity contribution is -0.119. The maximum Gasteiger partial charge on any atom is 0.228 e. The largest absolute Gasteiger partial charge is 0.489 e. The molecule has 5 nitrogen and oxygen atoms in total. The first kappa shape index (κ1) is 19.6. The van der Waals surface area contributed by atoms with Crippen molar-refractivity contribution in [3.8, 4) is 5.75 Å². The number of methoxy groups -OCH3 is 1. The van der Waals surface area contributed by atoms with E-state index in [0.29, 0.717) is 24.7 Å². The summed E-state index contributed by atoms with van der Waals surface area (Å²) in [4.78, 5) is 12.0. The van der Waals surface area contributed by atoms with E-state index in [9.17, 15) is 9.18 Å². The van der Waals surface area contributed by atoms with Crippen LogP contribution in [0.2, 0.25) is 0 Å². The predicted molar refractivity (Wildman–Crippen MR) is 82.5 cm³/mol. The van der Waals surface area contributed by atoms with Crippen molar-refractivity contribution in [1.82, 2.24) is 0 Å². The fraction of sp³-hybridized carbons (Fsp3) is 0.500. The number of rotatable bonds is 7. The van der Waals surface area contributed by atoms with Crippen molar-refractivity contribution in [2.24, 2.45) is 11.7 Å². The average molecular weight is 321 g/mol. The van der Waals surface area contributed by atoms with Gasteiger partial charge in [0.05, 0.1) is 18.2 Å². The highest BCUT2D eigenvalue weighted by Gasteiger charge is 2.18. The van der Waals surface area contributed by atoms with Crippen LogP contribution < -0.4 is 15.8 Å². The normalized spacial score (nSPS) is 13.0. The number of carbonyl (C=O) groups is 1. The molecule has 7 heteroatoms. The zero-order valence-electron chi connectivity index (χ0n) is 12.4. The van der Waals surface area contributed by atoms with E-state index in [0.717, 1.165) is 0 Å². The molecule has 0 fully saturated rings. The predicted octanol–water partition coefficient (Wildman–Crippen LogP) is 2.19. The average Bonchev–Trinajstić information content (AvgIpc) is 2.40. The fourth-order valence-electron chi connectivity index (χ4n) is 1.45. The maximum absolute atomic E-state index is 13.3. The van der Waals surface area contributed by atoms with E-state index in [4.69, 9.17) is 15.2 Å². The number of ether oxygens (including phenoxy) is 2. The Balaban J connectivity index is 0.00000400. The smallest absolute Gasteiger partial charge is 0.228 e. The summed E-state index contributed by atoms with van der Waals surface area (Å²) >= 11 is 0. The number of hydrogen-bond acceptors (Lipinski definition) is 4. The summed E-state index contributed by atoms with van der Waals surface area (Å²) in [6.07, 6.45) is 0. The molecular formula is C14H22ClFN2O3. The van der Waals surface area contributed by atoms with Gasteiger partial charge in [-0.05, 0) is 19.1 Å². The van der Waals surface area contributed by atoms with Gasteiger partial charge in [-0.15, -0.1) is 12.4 Å². The Labute approximate surface area is 130 Å². The SMILES string of the molecule is COCCOc1ccc(F)cc1NC(=O)C(C)C(C)N.Cl. The number of nitrogens with two attached hydrogens (primary N) is 1. The topological polar surface area (TPSA) is 73.6 Å². The van der Waals surface area contributed by atoms with Crippen molar-refractivity contribution in [2.45, 2.75) is 19.9 Å². The molecule has 0 heterocycles. The molecule has 1 amide bonds. The first-order chi connectivity index (χ1) is 9.45. The molecule has 0 spiro atoms. The quantitative estimate of drug-likeness (QED) is 0.755. The van der Waals surface area contributed by atoms with E-state index < -0.39 is 5.82 Å². The zero-order valence-corrected chi connectivity index (χ0v) is 13.2. The molecule has 21 heavy (non-hydrogen) atoms. The van der Waals surface area contributed by atoms with Gasteiger partial charge < -0.3 is 20.5 Å². The minimum Gasteiger partial charge on any atom is -0.489 e. The van der Waals surface area contributed by atoms with Crippen LogP contribution in [0.3, 0.4) is 0 Å². The standard InChI is InChI=1S/C14H21FN2O3.ClH/c1-9(10(2)16)14(18)17-12-8-11(15)4-5-13(12)20-7-6-19-3;/h4-5,8-10H,6-7,16H2,1-3H3,(H,17,18);1H. The molecule has 1 rings (SSSR count). The molecule has 1 aromatic carbocycles. The lowest BCUT2D eigenvalue weighted by Crippen LogP contribution is -2.34. The first-order valence-corrected chi connectivity index (χ1v) is 6.43. The van der Waals surface area contributed by atoms with Crippen molar-refractivity contribution in [1.29, 1.82) is 0 Å². The summed E-state index contributed by atoms with van der Waals surface area (Å²) in [7, 11) is 1.56. The number of amides is 1. The van der Waals surface area contributed by atoms with Crippen LogP contribution in [-0.4, -0.2) is 32.3 Å². The maximum atomic E-state index is 13.3. The van der Waals surface area contributed by atoms with Gasteiger partial charge in [0.25, 0.3) is 0 Å². The Morgan fingerprint density at radius 3 is 2.62 bits per heavy atom. The van der Waals surface area contributed by atoms with Crippen LogP contribution in [0.25, 0.3) is 0 Å². The van der Waals surface area contributed by atoms with Crippen molar-refractivity contribution >= 4 is 24.0 Å². The van der Waals surface area contributed by atoms with Crippen LogP contribution in [0.1, 0.15) is 13.8 Å². The molecule has 1 aromatic rings. The molecule has 3 N–H and O–H groups in total. The van der Waals surface area contributed by atoms with E-state index in [-0.39, 0.29) is 30.3 Å². The van der Waals surface area contributed by atoms with E-state index >= 15 is 0 Å². The van der Waals surface area contributed by atoms with Crippen molar-refractivity contribution < 1.29 is 18.7 Å². The molecule has 0 saturated heterocycles. The molecule has 0 aliphatic carbocycles. The van der Waals surface area contributed by atoms with Gasteiger partial charge in [-0.1, -0.05) is 6.92 Å². The molecule has 0 aliphatic heterocycles. The second-order valence-corrected chi connectivity index (χ2v) is 4.62. The highest BCUT2D eigenvalue weighted by molar-refractivity contribution is 5.94. The summed E-state index contributed by atoms with van der Waals surface area (Å²) in [5.41, 5.74) is 5.96. The van der Waals surface area contributed by atoms with Gasteiger partial charge in [0, 0.05) is 19.2 Å². The fourth-order valence-corrected chi connectivity index (χ4v) is 1.45. The highest BCUT2D eigenvalue weighted by Crippen LogP contribution is 2.26. The van der Waals surface area contributed by atoms with Crippen LogP contribution in [0.15, 0.2) is 18.2 Å². The third-order valence-corrected chi connectivity index (χ3v) is 2.95. The van der Waals surface area contributed by atoms with Crippen LogP contribution in [0.5, 0.6) is 5.75 Å². The van der Waals surface area contributed by atoms with Gasteiger partial charge in [-0.3, -0.25) is 4.79 Å². The van der Waals surface area contributed by atoms with Gasteiger partial charge in [0.2, 0.25) is 5.91 Å². The van der Waals surface area contributed by atoms with Gasteiger partial charge >= 0.3 is 0 Å². The second kappa shape index (κ2) is 9.55. The number of hydrogen-bond donors (Lipinski definition) is 2. The van der Waals surface area contributed by atoms with E-state index in [1.165, 1.54) is 18.2 Å². The van der Waals surface area contributed by atoms with E-state index in [1.807, 2.05) is 0 Å². The number of benzene rings is 1. The molecule has 0 bridgehead atoms. The molecule has 0 aromatic heterocycles. The van der Waals surface area contributed by atoms with Gasteiger partial charge in [-0.25, -0.2) is 4.39 Å². The number of carbonyl (C=O) groups excluding carboxylic acids is 1. The third kappa shape index (κ3) is 6.29. The van der Waals surface area contributed by atoms with Gasteiger partial charge in [-0.2, -0.15) is 0 Å². The van der Waals surface area contributed by atoms with Crippen molar-refractivity contribution in [2.75, 3.05) is 25.6 Å². The monoisotopic (exact) mass is 320 g/mol. The van der Waals surface area contributed by atoms with Crippen LogP contribution in [-0.2, 0) is 9.53 Å². The Kier molecular flexibility index (Phi) is 8.92. The second-order valence-electron chi connectivity index (χ2n) is 4.62. The minimum absolute atomic E-state index is 0. The minimum atomic E-state index is -0.451. The Morgan fingerprint density at radius 1 is 1.38 bits per heavy atom. The number of anilines is 1. The molecular weight excluding hydrogens is 299 g/mol. The number of halogens is 2. The molecule has 0 saturated carbocycles. The van der Waals surface area contributed by atoms with Gasteiger partial charge in [0.15, 0.2) is 0 Å². The summed E-state index contributed by atoms with van der Waals surface area (Å²) in [5.74, 6) is -0.714. The lowest BCUT2D eigenvalue weighted by atomic mass is 10.0. The molecule has 0 radical (unpaired) electrons. The molecule has 2 unspecified atom stereocenters. The van der Waals surface area contributed by atoms with E-state index in [1.54, 1.807) is 21.0 Å². The summed E-state index contributed by atoms with van der Waals surface area (Å²) in [5, 5.41) is 2.63. The Bertz CT molecular complexity index is 458. The zero-order chi connectivity index (χ0) is 15.1. The molecule has 120 valence electrons. The number of nitrogens with one attached hydrogen (secondary N) is 1. The van der Waals surface area contributed by atoms with Crippen LogP contribution >= 0.6 is 12.4 Å². The first-order valence-electron chi connectivity index (χ1n) is 6.43. The summed E-state index contributed by atoms with van der Waals surface area (Å²) in [6, 6.07) is 3.67. The molecule has 2 atom stereocenters. The van der Waals surface area contributed by atoms with Crippen LogP contribution in [0.4, 0.5) is 10.1 Å². The Morgan fingerprint density at radius 2 is 2.05 bits per heavy atom.